The van der Waals surface area contributed by atoms with Crippen molar-refractivity contribution in [3.8, 4) is 0 Å². The van der Waals surface area contributed by atoms with Gasteiger partial charge in [0.05, 0.1) is 10.6 Å². The molecule has 0 fully saturated rings. The highest BCUT2D eigenvalue weighted by Crippen LogP contribution is 2.23. The van der Waals surface area contributed by atoms with Gasteiger partial charge in [-0.05, 0) is 42.8 Å². The molecule has 0 aliphatic heterocycles. The average Bonchev–Trinajstić information content (AvgIpc) is 2.53. The number of hydrogen-bond donors (Lipinski definition) is 0. The molecule has 0 spiro atoms. The molecule has 0 atom stereocenters. The van der Waals surface area contributed by atoms with Crippen LogP contribution in [0.3, 0.4) is 0 Å². The normalized spacial score (nSPS) is 11.1. The quantitative estimate of drug-likeness (QED) is 0.864. The van der Waals surface area contributed by atoms with Gasteiger partial charge >= 0.3 is 0 Å². The Morgan fingerprint density at radius 3 is 2.22 bits per heavy atom. The summed E-state index contributed by atoms with van der Waals surface area (Å²) in [5.41, 5.74) is 1.89. The molecule has 2 aromatic rings. The number of amides is 1. The van der Waals surface area contributed by atoms with Gasteiger partial charge in [0, 0.05) is 26.7 Å². The highest BCUT2D eigenvalue weighted by molar-refractivity contribution is 7.92. The molecule has 0 aromatic heterocycles. The number of anilines is 1. The summed E-state index contributed by atoms with van der Waals surface area (Å²) in [6.07, 6.45) is 0. The summed E-state index contributed by atoms with van der Waals surface area (Å²) >= 11 is 0. The van der Waals surface area contributed by atoms with Crippen molar-refractivity contribution >= 4 is 21.6 Å². The molecule has 0 radical (unpaired) electrons. The number of carbonyl (C=O) groups excluding carboxylic acids is 1. The van der Waals surface area contributed by atoms with Gasteiger partial charge in [-0.2, -0.15) is 0 Å². The first-order valence-electron chi connectivity index (χ1n) is 7.11. The Morgan fingerprint density at radius 2 is 1.61 bits per heavy atom. The molecule has 0 aliphatic carbocycles. The van der Waals surface area contributed by atoms with Crippen molar-refractivity contribution in [2.45, 2.75) is 11.8 Å². The van der Waals surface area contributed by atoms with Crippen LogP contribution in [0.2, 0.25) is 0 Å². The molecule has 2 aromatic carbocycles. The predicted octanol–water partition coefficient (Wildman–Crippen LogP) is 2.52. The second kappa shape index (κ2) is 6.42. The lowest BCUT2D eigenvalue weighted by Gasteiger charge is -2.20. The fraction of sp³-hybridized carbons (Fsp3) is 0.235. The molecule has 0 N–H and O–H groups in total. The highest BCUT2D eigenvalue weighted by atomic mass is 32.2. The summed E-state index contributed by atoms with van der Waals surface area (Å²) in [7, 11) is 1.03. The van der Waals surface area contributed by atoms with Gasteiger partial charge in [-0.25, -0.2) is 8.42 Å². The van der Waals surface area contributed by atoms with Gasteiger partial charge in [-0.3, -0.25) is 9.10 Å². The van der Waals surface area contributed by atoms with Gasteiger partial charge < -0.3 is 4.90 Å². The third-order valence-corrected chi connectivity index (χ3v) is 5.29. The fourth-order valence-electron chi connectivity index (χ4n) is 2.17. The van der Waals surface area contributed by atoms with Crippen LogP contribution in [0.1, 0.15) is 15.9 Å². The Hall–Kier alpha value is -2.34. The van der Waals surface area contributed by atoms with Crippen LogP contribution in [0, 0.1) is 6.92 Å². The Morgan fingerprint density at radius 1 is 0.957 bits per heavy atom. The summed E-state index contributed by atoms with van der Waals surface area (Å²) in [5.74, 6) is -0.236. The van der Waals surface area contributed by atoms with Crippen molar-refractivity contribution in [2.24, 2.45) is 0 Å². The first kappa shape index (κ1) is 17.0. The Balaban J connectivity index is 2.44. The van der Waals surface area contributed by atoms with Gasteiger partial charge in [0.2, 0.25) is 0 Å². The second-order valence-corrected chi connectivity index (χ2v) is 7.51. The van der Waals surface area contributed by atoms with E-state index in [4.69, 9.17) is 0 Å². The molecule has 6 heteroatoms. The van der Waals surface area contributed by atoms with E-state index in [0.29, 0.717) is 11.3 Å². The summed E-state index contributed by atoms with van der Waals surface area (Å²) < 4.78 is 26.8. The minimum Gasteiger partial charge on any atom is -0.345 e. The van der Waals surface area contributed by atoms with Crippen molar-refractivity contribution in [3.63, 3.8) is 0 Å². The van der Waals surface area contributed by atoms with Crippen LogP contribution < -0.4 is 4.31 Å². The van der Waals surface area contributed by atoms with Crippen LogP contribution >= 0.6 is 0 Å². The van der Waals surface area contributed by atoms with Crippen LogP contribution in [0.15, 0.2) is 53.4 Å². The Kier molecular flexibility index (Phi) is 4.75. The molecule has 0 heterocycles. The molecule has 0 aliphatic rings. The van der Waals surface area contributed by atoms with Crippen molar-refractivity contribution in [3.05, 3.63) is 59.7 Å². The average molecular weight is 332 g/mol. The summed E-state index contributed by atoms with van der Waals surface area (Å²) in [4.78, 5) is 13.5. The van der Waals surface area contributed by atoms with Gasteiger partial charge in [0.1, 0.15) is 0 Å². The van der Waals surface area contributed by atoms with E-state index in [1.54, 1.807) is 38.4 Å². The number of benzene rings is 2. The van der Waals surface area contributed by atoms with E-state index in [1.807, 2.05) is 19.1 Å². The number of sulfonamides is 1. The van der Waals surface area contributed by atoms with Crippen LogP contribution in [-0.4, -0.2) is 40.4 Å². The van der Waals surface area contributed by atoms with Gasteiger partial charge in [-0.15, -0.1) is 0 Å². The number of aryl methyl sites for hydroxylation is 1. The molecule has 122 valence electrons. The maximum absolute atomic E-state index is 12.8. The molecule has 0 saturated carbocycles. The largest absolute Gasteiger partial charge is 0.345 e. The molecule has 23 heavy (non-hydrogen) atoms. The van der Waals surface area contributed by atoms with Gasteiger partial charge in [0.15, 0.2) is 0 Å². The molecular formula is C17H20N2O3S. The summed E-state index contributed by atoms with van der Waals surface area (Å²) in [6, 6.07) is 13.3. The van der Waals surface area contributed by atoms with Crippen molar-refractivity contribution in [1.29, 1.82) is 0 Å². The summed E-state index contributed by atoms with van der Waals surface area (Å²) in [5, 5.41) is 0. The van der Waals surface area contributed by atoms with Crippen molar-refractivity contribution in [2.75, 3.05) is 25.4 Å². The standard InChI is InChI=1S/C17H20N2O3S/c1-13-7-5-9-15(11-13)19(4)23(21,22)16-10-6-8-14(12-16)17(20)18(2)3/h5-12H,1-4H3. The molecule has 0 bridgehead atoms. The smallest absolute Gasteiger partial charge is 0.264 e. The molecule has 0 unspecified atom stereocenters. The zero-order valence-corrected chi connectivity index (χ0v) is 14.5. The highest BCUT2D eigenvalue weighted by Gasteiger charge is 2.22. The van der Waals surface area contributed by atoms with Crippen LogP contribution in [0.5, 0.6) is 0 Å². The zero-order chi connectivity index (χ0) is 17.2. The molecule has 1 amide bonds. The van der Waals surface area contributed by atoms with Crippen molar-refractivity contribution in [1.82, 2.24) is 4.90 Å². The first-order valence-corrected chi connectivity index (χ1v) is 8.55. The minimum absolute atomic E-state index is 0.0919. The lowest BCUT2D eigenvalue weighted by molar-refractivity contribution is 0.0827. The van der Waals surface area contributed by atoms with E-state index in [0.717, 1.165) is 5.56 Å². The molecule has 2 rings (SSSR count). The van der Waals surface area contributed by atoms with E-state index in [9.17, 15) is 13.2 Å². The van der Waals surface area contributed by atoms with E-state index in [2.05, 4.69) is 0 Å². The maximum Gasteiger partial charge on any atom is 0.264 e. The number of hydrogen-bond acceptors (Lipinski definition) is 3. The second-order valence-electron chi connectivity index (χ2n) is 5.54. The predicted molar refractivity (Wildman–Crippen MR) is 91.2 cm³/mol. The van der Waals surface area contributed by atoms with Gasteiger partial charge in [-0.1, -0.05) is 18.2 Å². The van der Waals surface area contributed by atoms with E-state index >= 15 is 0 Å². The van der Waals surface area contributed by atoms with Crippen LogP contribution in [0.25, 0.3) is 0 Å². The molecule has 5 nitrogen and oxygen atoms in total. The Bertz CT molecular complexity index is 829. The third-order valence-electron chi connectivity index (χ3n) is 3.51. The molecule has 0 saturated heterocycles. The fourth-order valence-corrected chi connectivity index (χ4v) is 3.40. The lowest BCUT2D eigenvalue weighted by Crippen LogP contribution is -2.27. The first-order chi connectivity index (χ1) is 10.7. The van der Waals surface area contributed by atoms with Crippen LogP contribution in [0.4, 0.5) is 5.69 Å². The maximum atomic E-state index is 12.8. The topological polar surface area (TPSA) is 57.7 Å². The zero-order valence-electron chi connectivity index (χ0n) is 13.6. The Labute approximate surface area is 137 Å². The van der Waals surface area contributed by atoms with E-state index in [-0.39, 0.29) is 10.8 Å². The third kappa shape index (κ3) is 3.53. The lowest BCUT2D eigenvalue weighted by atomic mass is 10.2. The van der Waals surface area contributed by atoms with Crippen LogP contribution in [-0.2, 0) is 10.0 Å². The number of carbonyl (C=O) groups is 1. The summed E-state index contributed by atoms with van der Waals surface area (Å²) in [6.45, 7) is 1.90. The minimum atomic E-state index is -3.73. The molecular weight excluding hydrogens is 312 g/mol. The number of rotatable bonds is 4. The number of nitrogens with zero attached hydrogens (tertiary/aromatic N) is 2. The van der Waals surface area contributed by atoms with E-state index < -0.39 is 10.0 Å². The van der Waals surface area contributed by atoms with Gasteiger partial charge in [0.25, 0.3) is 15.9 Å². The van der Waals surface area contributed by atoms with E-state index in [1.165, 1.54) is 28.4 Å². The van der Waals surface area contributed by atoms with Crippen molar-refractivity contribution < 1.29 is 13.2 Å². The monoisotopic (exact) mass is 332 g/mol. The SMILES string of the molecule is Cc1cccc(N(C)S(=O)(=O)c2cccc(C(=O)N(C)C)c2)c1.